The van der Waals surface area contributed by atoms with Crippen LogP contribution in [0.1, 0.15) is 32.0 Å². The maximum atomic E-state index is 12.2. The van der Waals surface area contributed by atoms with Gasteiger partial charge >= 0.3 is 0 Å². The molecule has 0 fully saturated rings. The quantitative estimate of drug-likeness (QED) is 0.596. The van der Waals surface area contributed by atoms with Crippen molar-refractivity contribution in [2.75, 3.05) is 0 Å². The minimum absolute atomic E-state index is 0.0493. The van der Waals surface area contributed by atoms with E-state index in [9.17, 15) is 9.59 Å². The number of benzene rings is 1. The Kier molecular flexibility index (Phi) is 2.91. The van der Waals surface area contributed by atoms with Crippen molar-refractivity contribution in [3.63, 3.8) is 0 Å². The van der Waals surface area contributed by atoms with Gasteiger partial charge in [-0.05, 0) is 18.6 Å². The molecule has 0 N–H and O–H groups in total. The summed E-state index contributed by atoms with van der Waals surface area (Å²) >= 11 is 0. The molecule has 2 aromatic rings. The lowest BCUT2D eigenvalue weighted by molar-refractivity contribution is 0.103. The second kappa shape index (κ2) is 4.37. The lowest BCUT2D eigenvalue weighted by atomic mass is 10.0. The number of rotatable bonds is 3. The van der Waals surface area contributed by atoms with E-state index in [2.05, 4.69) is 0 Å². The lowest BCUT2D eigenvalue weighted by Crippen LogP contribution is -2.02. The molecule has 3 heteroatoms. The van der Waals surface area contributed by atoms with Crippen molar-refractivity contribution >= 4 is 12.1 Å². The molecule has 0 spiro atoms. The average molecular weight is 227 g/mol. The van der Waals surface area contributed by atoms with Gasteiger partial charge in [-0.2, -0.15) is 0 Å². The number of ketones is 1. The zero-order chi connectivity index (χ0) is 12.4. The number of hydrogen-bond acceptors (Lipinski definition) is 2. The van der Waals surface area contributed by atoms with Gasteiger partial charge in [0.25, 0.3) is 0 Å². The summed E-state index contributed by atoms with van der Waals surface area (Å²) in [5.74, 6) is -0.0493. The zero-order valence-electron chi connectivity index (χ0n) is 9.81. The van der Waals surface area contributed by atoms with Gasteiger partial charge in [0.2, 0.25) is 0 Å². The minimum Gasteiger partial charge on any atom is -0.348 e. The first-order chi connectivity index (χ1) is 8.13. The maximum Gasteiger partial charge on any atom is 0.194 e. The molecular formula is C14H13NO2. The average Bonchev–Trinajstić information content (AvgIpc) is 2.70. The van der Waals surface area contributed by atoms with Crippen molar-refractivity contribution in [3.05, 3.63) is 58.9 Å². The van der Waals surface area contributed by atoms with E-state index in [1.807, 2.05) is 25.1 Å². The van der Waals surface area contributed by atoms with E-state index < -0.39 is 0 Å². The van der Waals surface area contributed by atoms with Gasteiger partial charge in [-0.15, -0.1) is 0 Å². The summed E-state index contributed by atoms with van der Waals surface area (Å²) in [4.78, 5) is 23.0. The van der Waals surface area contributed by atoms with Crippen LogP contribution in [0.4, 0.5) is 0 Å². The highest BCUT2D eigenvalue weighted by Gasteiger charge is 2.14. The van der Waals surface area contributed by atoms with E-state index in [0.29, 0.717) is 16.8 Å². The normalized spacial score (nSPS) is 10.2. The second-order valence-corrected chi connectivity index (χ2v) is 4.03. The molecule has 0 saturated carbocycles. The van der Waals surface area contributed by atoms with Crippen molar-refractivity contribution in [3.8, 4) is 0 Å². The Labute approximate surface area is 99.7 Å². The van der Waals surface area contributed by atoms with Crippen molar-refractivity contribution in [1.82, 2.24) is 4.57 Å². The molecule has 2 rings (SSSR count). The predicted octanol–water partition coefficient (Wildman–Crippen LogP) is 2.38. The van der Waals surface area contributed by atoms with Gasteiger partial charge in [0.15, 0.2) is 12.1 Å². The van der Waals surface area contributed by atoms with Gasteiger partial charge in [0, 0.05) is 24.4 Å². The van der Waals surface area contributed by atoms with Crippen molar-refractivity contribution in [1.29, 1.82) is 0 Å². The molecule has 0 aliphatic carbocycles. The topological polar surface area (TPSA) is 39.1 Å². The summed E-state index contributed by atoms with van der Waals surface area (Å²) in [7, 11) is 1.75. The van der Waals surface area contributed by atoms with Crippen LogP contribution >= 0.6 is 0 Å². The van der Waals surface area contributed by atoms with Gasteiger partial charge in [-0.1, -0.05) is 24.3 Å². The SMILES string of the molecule is Cc1ccccc1C(=O)c1cc(C=O)n(C)c1. The Morgan fingerprint density at radius 3 is 2.59 bits per heavy atom. The molecule has 0 bridgehead atoms. The largest absolute Gasteiger partial charge is 0.348 e. The van der Waals surface area contributed by atoms with Crippen LogP contribution in [-0.2, 0) is 7.05 Å². The second-order valence-electron chi connectivity index (χ2n) is 4.03. The molecule has 3 nitrogen and oxygen atoms in total. The van der Waals surface area contributed by atoms with E-state index in [1.54, 1.807) is 29.9 Å². The van der Waals surface area contributed by atoms with E-state index >= 15 is 0 Å². The highest BCUT2D eigenvalue weighted by molar-refractivity contribution is 6.10. The highest BCUT2D eigenvalue weighted by atomic mass is 16.1. The zero-order valence-corrected chi connectivity index (χ0v) is 9.81. The number of carbonyl (C=O) groups excluding carboxylic acids is 2. The fourth-order valence-corrected chi connectivity index (χ4v) is 1.81. The van der Waals surface area contributed by atoms with Crippen LogP contribution in [0.2, 0.25) is 0 Å². The Hall–Kier alpha value is -2.16. The van der Waals surface area contributed by atoms with E-state index in [0.717, 1.165) is 11.8 Å². The molecule has 1 aromatic heterocycles. The highest BCUT2D eigenvalue weighted by Crippen LogP contribution is 2.15. The molecule has 1 heterocycles. The third-order valence-corrected chi connectivity index (χ3v) is 2.82. The van der Waals surface area contributed by atoms with Crippen molar-refractivity contribution in [2.45, 2.75) is 6.92 Å². The summed E-state index contributed by atoms with van der Waals surface area (Å²) in [6, 6.07) is 9.04. The molecule has 17 heavy (non-hydrogen) atoms. The fourth-order valence-electron chi connectivity index (χ4n) is 1.81. The fraction of sp³-hybridized carbons (Fsp3) is 0.143. The summed E-state index contributed by atoms with van der Waals surface area (Å²) in [5, 5.41) is 0. The smallest absolute Gasteiger partial charge is 0.194 e. The third kappa shape index (κ3) is 2.04. The van der Waals surface area contributed by atoms with Crippen LogP contribution in [0.5, 0.6) is 0 Å². The molecular weight excluding hydrogens is 214 g/mol. The number of aromatic nitrogens is 1. The number of aldehydes is 1. The maximum absolute atomic E-state index is 12.2. The van der Waals surface area contributed by atoms with Crippen molar-refractivity contribution < 1.29 is 9.59 Å². The monoisotopic (exact) mass is 227 g/mol. The Morgan fingerprint density at radius 1 is 1.29 bits per heavy atom. The van der Waals surface area contributed by atoms with E-state index in [1.165, 1.54) is 0 Å². The number of nitrogens with zero attached hydrogens (tertiary/aromatic N) is 1. The summed E-state index contributed by atoms with van der Waals surface area (Å²) in [6.07, 6.45) is 2.42. The lowest BCUT2D eigenvalue weighted by Gasteiger charge is -2.02. The molecule has 1 aromatic carbocycles. The molecule has 0 radical (unpaired) electrons. The van der Waals surface area contributed by atoms with Crippen LogP contribution in [0.15, 0.2) is 36.5 Å². The third-order valence-electron chi connectivity index (χ3n) is 2.82. The first-order valence-electron chi connectivity index (χ1n) is 5.35. The molecule has 0 atom stereocenters. The number of carbonyl (C=O) groups is 2. The van der Waals surface area contributed by atoms with Gasteiger partial charge in [-0.3, -0.25) is 9.59 Å². The van der Waals surface area contributed by atoms with Gasteiger partial charge in [0.05, 0.1) is 5.69 Å². The van der Waals surface area contributed by atoms with Crippen LogP contribution in [0, 0.1) is 6.92 Å². The number of hydrogen-bond donors (Lipinski definition) is 0. The van der Waals surface area contributed by atoms with Crippen LogP contribution in [0.25, 0.3) is 0 Å². The molecule has 86 valence electrons. The van der Waals surface area contributed by atoms with Gasteiger partial charge < -0.3 is 4.57 Å². The number of aryl methyl sites for hydroxylation is 2. The Balaban J connectivity index is 2.44. The van der Waals surface area contributed by atoms with Crippen LogP contribution in [-0.4, -0.2) is 16.6 Å². The Bertz CT molecular complexity index is 582. The van der Waals surface area contributed by atoms with E-state index in [-0.39, 0.29) is 5.78 Å². The molecule has 0 aliphatic heterocycles. The molecule has 0 aliphatic rings. The van der Waals surface area contributed by atoms with Crippen molar-refractivity contribution in [2.24, 2.45) is 7.05 Å². The predicted molar refractivity (Wildman–Crippen MR) is 65.4 cm³/mol. The minimum atomic E-state index is -0.0493. The first-order valence-corrected chi connectivity index (χ1v) is 5.35. The van der Waals surface area contributed by atoms with Gasteiger partial charge in [0.1, 0.15) is 0 Å². The summed E-state index contributed by atoms with van der Waals surface area (Å²) in [5.41, 5.74) is 2.66. The first kappa shape index (κ1) is 11.3. The summed E-state index contributed by atoms with van der Waals surface area (Å²) < 4.78 is 1.65. The molecule has 0 unspecified atom stereocenters. The van der Waals surface area contributed by atoms with Crippen LogP contribution in [0.3, 0.4) is 0 Å². The molecule has 0 amide bonds. The summed E-state index contributed by atoms with van der Waals surface area (Å²) in [6.45, 7) is 1.90. The molecule has 0 saturated heterocycles. The van der Waals surface area contributed by atoms with Gasteiger partial charge in [-0.25, -0.2) is 0 Å². The standard InChI is InChI=1S/C14H13NO2/c1-10-5-3-4-6-13(10)14(17)11-7-12(9-16)15(2)8-11/h3-9H,1-2H3. The van der Waals surface area contributed by atoms with E-state index in [4.69, 9.17) is 0 Å². The van der Waals surface area contributed by atoms with Crippen LogP contribution < -0.4 is 0 Å². The Morgan fingerprint density at radius 2 is 2.00 bits per heavy atom.